The van der Waals surface area contributed by atoms with Crippen LogP contribution in [-0.2, 0) is 21.4 Å². The van der Waals surface area contributed by atoms with Crippen LogP contribution in [0.5, 0.6) is 0 Å². The van der Waals surface area contributed by atoms with Gasteiger partial charge in [-0.15, -0.1) is 0 Å². The van der Waals surface area contributed by atoms with Crippen LogP contribution in [0.4, 0.5) is 10.1 Å². The summed E-state index contributed by atoms with van der Waals surface area (Å²) in [6, 6.07) is 16.2. The first-order valence-corrected chi connectivity index (χ1v) is 11.4. The van der Waals surface area contributed by atoms with Gasteiger partial charge >= 0.3 is 0 Å². The second-order valence-electron chi connectivity index (χ2n) is 6.88. The Hall–Kier alpha value is -2.45. The second kappa shape index (κ2) is 9.78. The Balaban J connectivity index is 1.90. The molecule has 0 radical (unpaired) electrons. The van der Waals surface area contributed by atoms with Crippen molar-refractivity contribution in [1.82, 2.24) is 4.31 Å². The van der Waals surface area contributed by atoms with E-state index in [2.05, 4.69) is 5.32 Å². The molecule has 0 unspecified atom stereocenters. The van der Waals surface area contributed by atoms with Crippen LogP contribution >= 0.6 is 23.2 Å². The highest BCUT2D eigenvalue weighted by Crippen LogP contribution is 2.25. The molecule has 0 atom stereocenters. The third-order valence-electron chi connectivity index (χ3n) is 4.47. The van der Waals surface area contributed by atoms with Gasteiger partial charge in [0.2, 0.25) is 15.9 Å². The van der Waals surface area contributed by atoms with Crippen molar-refractivity contribution >= 4 is 44.8 Å². The zero-order valence-corrected chi connectivity index (χ0v) is 18.8. The van der Waals surface area contributed by atoms with Gasteiger partial charge in [-0.25, -0.2) is 12.8 Å². The predicted octanol–water partition coefficient (Wildman–Crippen LogP) is 5.27. The SMILES string of the molecule is Cc1ccc(S(=O)(=O)N(CC(=O)Nc2ccc(F)cc2)Cc2ccc(Cl)cc2Cl)cc1. The Kier molecular flexibility index (Phi) is 7.33. The van der Waals surface area contributed by atoms with Gasteiger partial charge in [-0.3, -0.25) is 4.79 Å². The summed E-state index contributed by atoms with van der Waals surface area (Å²) in [4.78, 5) is 12.7. The van der Waals surface area contributed by atoms with Crippen LogP contribution in [0.25, 0.3) is 0 Å². The molecule has 31 heavy (non-hydrogen) atoms. The Morgan fingerprint density at radius 2 is 1.65 bits per heavy atom. The molecule has 0 heterocycles. The summed E-state index contributed by atoms with van der Waals surface area (Å²) in [7, 11) is -4.02. The molecule has 5 nitrogen and oxygen atoms in total. The minimum Gasteiger partial charge on any atom is -0.325 e. The highest BCUT2D eigenvalue weighted by atomic mass is 35.5. The van der Waals surface area contributed by atoms with E-state index < -0.39 is 28.3 Å². The molecule has 0 aliphatic rings. The van der Waals surface area contributed by atoms with Gasteiger partial charge in [0.25, 0.3) is 0 Å². The van der Waals surface area contributed by atoms with Crippen molar-refractivity contribution in [1.29, 1.82) is 0 Å². The van der Waals surface area contributed by atoms with Crippen molar-refractivity contribution < 1.29 is 17.6 Å². The number of rotatable bonds is 7. The summed E-state index contributed by atoms with van der Waals surface area (Å²) < 4.78 is 40.7. The molecule has 0 saturated heterocycles. The number of hydrogen-bond acceptors (Lipinski definition) is 3. The minimum atomic E-state index is -4.02. The van der Waals surface area contributed by atoms with E-state index in [0.29, 0.717) is 16.3 Å². The molecular weight excluding hydrogens is 462 g/mol. The fraction of sp³-hybridized carbons (Fsp3) is 0.136. The second-order valence-corrected chi connectivity index (χ2v) is 9.66. The Bertz CT molecular complexity index is 1180. The first-order valence-electron chi connectivity index (χ1n) is 9.21. The summed E-state index contributed by atoms with van der Waals surface area (Å²) in [6.07, 6.45) is 0. The molecule has 3 aromatic carbocycles. The van der Waals surface area contributed by atoms with Crippen molar-refractivity contribution in [3.63, 3.8) is 0 Å². The smallest absolute Gasteiger partial charge is 0.243 e. The molecule has 0 aliphatic heterocycles. The van der Waals surface area contributed by atoms with E-state index in [1.807, 2.05) is 6.92 Å². The molecular formula is C22H19Cl2FN2O3S. The number of benzene rings is 3. The van der Waals surface area contributed by atoms with Crippen molar-refractivity contribution in [2.45, 2.75) is 18.4 Å². The van der Waals surface area contributed by atoms with Crippen LogP contribution in [-0.4, -0.2) is 25.2 Å². The molecule has 3 rings (SSSR count). The molecule has 0 aliphatic carbocycles. The van der Waals surface area contributed by atoms with Gasteiger partial charge in [-0.1, -0.05) is 47.0 Å². The lowest BCUT2D eigenvalue weighted by Crippen LogP contribution is -2.37. The van der Waals surface area contributed by atoms with Crippen LogP contribution < -0.4 is 5.32 Å². The normalized spacial score (nSPS) is 11.5. The Morgan fingerprint density at radius 1 is 1.00 bits per heavy atom. The third kappa shape index (κ3) is 6.04. The molecule has 162 valence electrons. The predicted molar refractivity (Wildman–Crippen MR) is 120 cm³/mol. The molecule has 9 heteroatoms. The molecule has 0 aromatic heterocycles. The van der Waals surface area contributed by atoms with Crippen molar-refractivity contribution in [2.24, 2.45) is 0 Å². The summed E-state index contributed by atoms with van der Waals surface area (Å²) in [5, 5.41) is 3.28. The Labute approximate surface area is 190 Å². The minimum absolute atomic E-state index is 0.0535. The molecule has 3 aromatic rings. The number of carbonyl (C=O) groups excluding carboxylic acids is 1. The largest absolute Gasteiger partial charge is 0.325 e. The number of anilines is 1. The zero-order chi connectivity index (χ0) is 22.6. The van der Waals surface area contributed by atoms with E-state index in [9.17, 15) is 17.6 Å². The average Bonchev–Trinajstić information content (AvgIpc) is 2.71. The number of nitrogens with zero attached hydrogens (tertiary/aromatic N) is 1. The van der Waals surface area contributed by atoms with Crippen LogP contribution in [0.2, 0.25) is 10.0 Å². The first kappa shape index (κ1) is 23.2. The van der Waals surface area contributed by atoms with Gasteiger partial charge in [-0.2, -0.15) is 4.31 Å². The highest BCUT2D eigenvalue weighted by Gasteiger charge is 2.27. The molecule has 1 amide bonds. The van der Waals surface area contributed by atoms with Gasteiger partial charge in [-0.05, 0) is 61.0 Å². The number of halogens is 3. The van der Waals surface area contributed by atoms with Crippen molar-refractivity contribution in [2.75, 3.05) is 11.9 Å². The quantitative estimate of drug-likeness (QED) is 0.500. The Morgan fingerprint density at radius 3 is 2.26 bits per heavy atom. The number of sulfonamides is 1. The van der Waals surface area contributed by atoms with E-state index in [-0.39, 0.29) is 16.5 Å². The highest BCUT2D eigenvalue weighted by molar-refractivity contribution is 7.89. The summed E-state index contributed by atoms with van der Waals surface area (Å²) in [5.41, 5.74) is 1.75. The molecule has 0 fully saturated rings. The first-order chi connectivity index (χ1) is 14.6. The topological polar surface area (TPSA) is 66.5 Å². The van der Waals surface area contributed by atoms with E-state index >= 15 is 0 Å². The standard InChI is InChI=1S/C22H19Cl2FN2O3S/c1-15-2-10-20(11-3-15)31(29,30)27(13-16-4-5-17(23)12-21(16)24)14-22(28)26-19-8-6-18(25)7-9-19/h2-12H,13-14H2,1H3,(H,26,28). The van der Waals surface area contributed by atoms with Crippen molar-refractivity contribution in [3.8, 4) is 0 Å². The monoisotopic (exact) mass is 480 g/mol. The molecule has 0 spiro atoms. The number of amides is 1. The van der Waals surface area contributed by atoms with Gasteiger partial charge in [0.15, 0.2) is 0 Å². The lowest BCUT2D eigenvalue weighted by atomic mass is 10.2. The lowest BCUT2D eigenvalue weighted by Gasteiger charge is -2.22. The maximum absolute atomic E-state index is 13.3. The van der Waals surface area contributed by atoms with E-state index in [4.69, 9.17) is 23.2 Å². The fourth-order valence-corrected chi connectivity index (χ4v) is 4.66. The third-order valence-corrected chi connectivity index (χ3v) is 6.86. The number of aryl methyl sites for hydroxylation is 1. The summed E-state index contributed by atoms with van der Waals surface area (Å²) >= 11 is 12.2. The maximum Gasteiger partial charge on any atom is 0.243 e. The zero-order valence-electron chi connectivity index (χ0n) is 16.5. The molecule has 0 saturated carbocycles. The van der Waals surface area contributed by atoms with E-state index in [1.54, 1.807) is 24.3 Å². The molecule has 0 bridgehead atoms. The number of hydrogen-bond donors (Lipinski definition) is 1. The van der Waals surface area contributed by atoms with Gasteiger partial charge in [0.05, 0.1) is 11.4 Å². The van der Waals surface area contributed by atoms with E-state index in [0.717, 1.165) is 9.87 Å². The van der Waals surface area contributed by atoms with Crippen LogP contribution in [0.3, 0.4) is 0 Å². The van der Waals surface area contributed by atoms with Crippen LogP contribution in [0.1, 0.15) is 11.1 Å². The maximum atomic E-state index is 13.3. The van der Waals surface area contributed by atoms with Gasteiger partial charge < -0.3 is 5.32 Å². The van der Waals surface area contributed by atoms with Gasteiger partial charge in [0, 0.05) is 22.3 Å². The van der Waals surface area contributed by atoms with E-state index in [1.165, 1.54) is 42.5 Å². The lowest BCUT2D eigenvalue weighted by molar-refractivity contribution is -0.116. The fourth-order valence-electron chi connectivity index (χ4n) is 2.82. The summed E-state index contributed by atoms with van der Waals surface area (Å²) in [5.74, 6) is -1.02. The van der Waals surface area contributed by atoms with Crippen LogP contribution in [0, 0.1) is 12.7 Å². The van der Waals surface area contributed by atoms with Gasteiger partial charge in [0.1, 0.15) is 5.82 Å². The number of carbonyl (C=O) groups is 1. The summed E-state index contributed by atoms with van der Waals surface area (Å²) in [6.45, 7) is 1.24. The van der Waals surface area contributed by atoms with Crippen molar-refractivity contribution in [3.05, 3.63) is 93.7 Å². The average molecular weight is 481 g/mol. The molecule has 1 N–H and O–H groups in total. The number of nitrogens with one attached hydrogen (secondary N) is 1. The van der Waals surface area contributed by atoms with Crippen LogP contribution in [0.15, 0.2) is 71.6 Å².